The predicted octanol–water partition coefficient (Wildman–Crippen LogP) is 0.674. The number of ether oxygens (including phenoxy) is 1. The SMILES string of the molecule is CCc1cccc(OCC(=O)N2C[C@H](O)C[C@@H]2C(=O)O)c1. The predicted molar refractivity (Wildman–Crippen MR) is 75.1 cm³/mol. The van der Waals surface area contributed by atoms with Crippen molar-refractivity contribution in [3.05, 3.63) is 29.8 Å². The zero-order valence-corrected chi connectivity index (χ0v) is 11.9. The third-order valence-corrected chi connectivity index (χ3v) is 3.55. The summed E-state index contributed by atoms with van der Waals surface area (Å²) in [6.45, 7) is 1.82. The highest BCUT2D eigenvalue weighted by Crippen LogP contribution is 2.19. The van der Waals surface area contributed by atoms with Gasteiger partial charge in [0.1, 0.15) is 11.8 Å². The van der Waals surface area contributed by atoms with Crippen LogP contribution in [0.2, 0.25) is 0 Å². The smallest absolute Gasteiger partial charge is 0.326 e. The lowest BCUT2D eigenvalue weighted by atomic mass is 10.2. The molecule has 0 bridgehead atoms. The standard InChI is InChI=1S/C15H19NO5/c1-2-10-4-3-5-12(6-10)21-9-14(18)16-8-11(17)7-13(16)15(19)20/h3-6,11,13,17H,2,7-9H2,1H3,(H,19,20)/t11-,13-/m1/s1. The summed E-state index contributed by atoms with van der Waals surface area (Å²) in [7, 11) is 0. The molecule has 0 aromatic heterocycles. The van der Waals surface area contributed by atoms with E-state index in [1.165, 1.54) is 0 Å². The Balaban J connectivity index is 1.96. The lowest BCUT2D eigenvalue weighted by Crippen LogP contribution is -2.42. The Morgan fingerprint density at radius 2 is 2.19 bits per heavy atom. The van der Waals surface area contributed by atoms with Crippen LogP contribution in [0.4, 0.5) is 0 Å². The second kappa shape index (κ2) is 6.58. The lowest BCUT2D eigenvalue weighted by Gasteiger charge is -2.21. The van der Waals surface area contributed by atoms with Crippen LogP contribution in [0.1, 0.15) is 18.9 Å². The van der Waals surface area contributed by atoms with Gasteiger partial charge in [-0.05, 0) is 24.1 Å². The average Bonchev–Trinajstić information content (AvgIpc) is 2.87. The highest BCUT2D eigenvalue weighted by atomic mass is 16.5. The Morgan fingerprint density at radius 3 is 2.86 bits per heavy atom. The molecule has 2 rings (SSSR count). The van der Waals surface area contributed by atoms with Gasteiger partial charge in [-0.2, -0.15) is 0 Å². The third kappa shape index (κ3) is 3.72. The summed E-state index contributed by atoms with van der Waals surface area (Å²) in [5, 5.41) is 18.6. The van der Waals surface area contributed by atoms with Crippen LogP contribution in [-0.2, 0) is 16.0 Å². The summed E-state index contributed by atoms with van der Waals surface area (Å²) in [6.07, 6.45) is 0.134. The fourth-order valence-electron chi connectivity index (χ4n) is 2.41. The number of carbonyl (C=O) groups is 2. The number of nitrogens with zero attached hydrogens (tertiary/aromatic N) is 1. The van der Waals surface area contributed by atoms with Gasteiger partial charge in [-0.25, -0.2) is 4.79 Å². The van der Waals surface area contributed by atoms with Gasteiger partial charge >= 0.3 is 5.97 Å². The Hall–Kier alpha value is -2.08. The normalized spacial score (nSPS) is 21.3. The van der Waals surface area contributed by atoms with Crippen molar-refractivity contribution in [1.82, 2.24) is 4.90 Å². The van der Waals surface area contributed by atoms with Crippen LogP contribution in [0.25, 0.3) is 0 Å². The number of carboxylic acid groups (broad SMARTS) is 1. The molecule has 2 N–H and O–H groups in total. The molecule has 2 atom stereocenters. The number of benzene rings is 1. The monoisotopic (exact) mass is 293 g/mol. The minimum Gasteiger partial charge on any atom is -0.484 e. The van der Waals surface area contributed by atoms with Crippen LogP contribution in [0, 0.1) is 0 Å². The summed E-state index contributed by atoms with van der Waals surface area (Å²) >= 11 is 0. The van der Waals surface area contributed by atoms with E-state index in [1.54, 1.807) is 6.07 Å². The molecule has 6 heteroatoms. The number of aliphatic hydroxyl groups is 1. The van der Waals surface area contributed by atoms with Crippen molar-refractivity contribution in [1.29, 1.82) is 0 Å². The van der Waals surface area contributed by atoms with E-state index in [9.17, 15) is 14.7 Å². The molecule has 0 radical (unpaired) electrons. The van der Waals surface area contributed by atoms with Gasteiger partial charge in [-0.15, -0.1) is 0 Å². The zero-order chi connectivity index (χ0) is 15.4. The van der Waals surface area contributed by atoms with E-state index in [4.69, 9.17) is 9.84 Å². The molecular weight excluding hydrogens is 274 g/mol. The van der Waals surface area contributed by atoms with Crippen molar-refractivity contribution < 1.29 is 24.5 Å². The molecule has 1 aliphatic heterocycles. The van der Waals surface area contributed by atoms with Gasteiger partial charge in [-0.1, -0.05) is 19.1 Å². The fraction of sp³-hybridized carbons (Fsp3) is 0.467. The van der Waals surface area contributed by atoms with Crippen molar-refractivity contribution in [3.8, 4) is 5.75 Å². The lowest BCUT2D eigenvalue weighted by molar-refractivity contribution is -0.148. The van der Waals surface area contributed by atoms with Crippen molar-refractivity contribution in [3.63, 3.8) is 0 Å². The van der Waals surface area contributed by atoms with E-state index in [1.807, 2.05) is 25.1 Å². The maximum atomic E-state index is 12.1. The van der Waals surface area contributed by atoms with Crippen LogP contribution in [0.3, 0.4) is 0 Å². The molecule has 1 saturated heterocycles. The summed E-state index contributed by atoms with van der Waals surface area (Å²) in [5.41, 5.74) is 1.10. The summed E-state index contributed by atoms with van der Waals surface area (Å²) in [6, 6.07) is 6.43. The number of aliphatic carboxylic acids is 1. The summed E-state index contributed by atoms with van der Waals surface area (Å²) < 4.78 is 5.42. The maximum absolute atomic E-state index is 12.1. The number of aliphatic hydroxyl groups excluding tert-OH is 1. The molecule has 1 aromatic rings. The number of hydrogen-bond acceptors (Lipinski definition) is 4. The van der Waals surface area contributed by atoms with Gasteiger partial charge in [0.05, 0.1) is 6.10 Å². The molecule has 1 aliphatic rings. The molecule has 0 saturated carbocycles. The largest absolute Gasteiger partial charge is 0.484 e. The topological polar surface area (TPSA) is 87.1 Å². The molecule has 0 spiro atoms. The van der Waals surface area contributed by atoms with E-state index in [2.05, 4.69) is 0 Å². The first-order valence-corrected chi connectivity index (χ1v) is 6.93. The Morgan fingerprint density at radius 1 is 1.43 bits per heavy atom. The highest BCUT2D eigenvalue weighted by molar-refractivity contribution is 5.85. The second-order valence-electron chi connectivity index (χ2n) is 5.08. The van der Waals surface area contributed by atoms with Gasteiger partial charge in [0.25, 0.3) is 5.91 Å². The first-order valence-electron chi connectivity index (χ1n) is 6.93. The van der Waals surface area contributed by atoms with Gasteiger partial charge in [-0.3, -0.25) is 4.79 Å². The number of carbonyl (C=O) groups excluding carboxylic acids is 1. The third-order valence-electron chi connectivity index (χ3n) is 3.55. The molecule has 21 heavy (non-hydrogen) atoms. The van der Waals surface area contributed by atoms with Crippen LogP contribution >= 0.6 is 0 Å². The summed E-state index contributed by atoms with van der Waals surface area (Å²) in [4.78, 5) is 24.3. The molecule has 6 nitrogen and oxygen atoms in total. The van der Waals surface area contributed by atoms with Gasteiger partial charge in [0.15, 0.2) is 6.61 Å². The molecular formula is C15H19NO5. The first-order chi connectivity index (χ1) is 10.0. The van der Waals surface area contributed by atoms with Crippen LogP contribution < -0.4 is 4.74 Å². The Labute approximate surface area is 122 Å². The van der Waals surface area contributed by atoms with Gasteiger partial charge in [0, 0.05) is 13.0 Å². The first kappa shape index (κ1) is 15.3. The maximum Gasteiger partial charge on any atom is 0.326 e. The Kier molecular flexibility index (Phi) is 4.80. The van der Waals surface area contributed by atoms with E-state index in [-0.39, 0.29) is 19.6 Å². The van der Waals surface area contributed by atoms with E-state index in [0.29, 0.717) is 5.75 Å². The number of hydrogen-bond donors (Lipinski definition) is 2. The van der Waals surface area contributed by atoms with Crippen molar-refractivity contribution >= 4 is 11.9 Å². The fourth-order valence-corrected chi connectivity index (χ4v) is 2.41. The van der Waals surface area contributed by atoms with Crippen LogP contribution in [-0.4, -0.2) is 52.3 Å². The number of amides is 1. The highest BCUT2D eigenvalue weighted by Gasteiger charge is 2.38. The van der Waals surface area contributed by atoms with E-state index >= 15 is 0 Å². The molecule has 1 fully saturated rings. The molecule has 1 aromatic carbocycles. The molecule has 0 aliphatic carbocycles. The minimum absolute atomic E-state index is 0.0359. The summed E-state index contributed by atoms with van der Waals surface area (Å²) in [5.74, 6) is -0.956. The number of β-amino-alcohol motifs (C(OH)–C–C–N with tert-alkyl or cyclic N) is 1. The molecule has 114 valence electrons. The van der Waals surface area contributed by atoms with E-state index < -0.39 is 24.0 Å². The van der Waals surface area contributed by atoms with Crippen molar-refractivity contribution in [2.45, 2.75) is 31.9 Å². The van der Waals surface area contributed by atoms with E-state index in [0.717, 1.165) is 16.9 Å². The minimum atomic E-state index is -1.10. The second-order valence-corrected chi connectivity index (χ2v) is 5.08. The van der Waals surface area contributed by atoms with Crippen molar-refractivity contribution in [2.75, 3.05) is 13.2 Å². The Bertz CT molecular complexity index is 531. The number of likely N-dealkylation sites (tertiary alicyclic amines) is 1. The number of aryl methyl sites for hydroxylation is 1. The number of carboxylic acids is 1. The number of rotatable bonds is 5. The molecule has 0 unspecified atom stereocenters. The van der Waals surface area contributed by atoms with Crippen LogP contribution in [0.15, 0.2) is 24.3 Å². The van der Waals surface area contributed by atoms with Gasteiger partial charge in [0.2, 0.25) is 0 Å². The quantitative estimate of drug-likeness (QED) is 0.833. The molecule has 1 amide bonds. The van der Waals surface area contributed by atoms with Crippen LogP contribution in [0.5, 0.6) is 5.75 Å². The van der Waals surface area contributed by atoms with Crippen molar-refractivity contribution in [2.24, 2.45) is 0 Å². The molecule has 1 heterocycles. The average molecular weight is 293 g/mol. The van der Waals surface area contributed by atoms with Gasteiger partial charge < -0.3 is 19.8 Å². The zero-order valence-electron chi connectivity index (χ0n) is 11.9.